The molecule has 15 nitrogen and oxygen atoms in total. The fraction of sp³-hybridized carbons (Fsp3) is 0.638. The predicted octanol–water partition coefficient (Wildman–Crippen LogP) is 5.10. The second-order valence-corrected chi connectivity index (χ2v) is 20.0. The van der Waals surface area contributed by atoms with Gasteiger partial charge < -0.3 is 35.0 Å². The number of carbonyl (C=O) groups excluding carboxylic acids is 6. The molecule has 2 saturated carbocycles. The largest absolute Gasteiger partial charge is 0.403 e. The SMILES string of the molecule is C/C1=C/C[C@H](N(C)C(=O)[C@@H](NC(=O)[C@@H]2C[C@@H](F)CN2C(=O)C2(C(F)(F)F)CC(F)(F)C2)C2CC2)C(=O)N[C@@H](CC(C)C)C(=O)N(C)[C@@H](Cc2cc(Cl)ccc2-c2cnn(C)c2)C(=O)N(C)CCOC1. The molecule has 380 valence electrons. The number of carbonyl (C=O) groups is 6. The first-order chi connectivity index (χ1) is 32.2. The summed E-state index contributed by atoms with van der Waals surface area (Å²) in [6.45, 7) is 4.84. The fourth-order valence-electron chi connectivity index (χ4n) is 9.41. The van der Waals surface area contributed by atoms with E-state index in [1.807, 2.05) is 13.8 Å². The van der Waals surface area contributed by atoms with Crippen LogP contribution in [0.15, 0.2) is 42.2 Å². The molecule has 2 N–H and O–H groups in total. The Morgan fingerprint density at radius 2 is 1.75 bits per heavy atom. The molecule has 0 radical (unpaired) electrons. The van der Waals surface area contributed by atoms with Crippen LogP contribution in [0.2, 0.25) is 5.02 Å². The number of ether oxygens (including phenoxy) is 1. The summed E-state index contributed by atoms with van der Waals surface area (Å²) < 4.78 is 93.0. The highest BCUT2D eigenvalue weighted by atomic mass is 35.5. The Bertz CT molecular complexity index is 2300. The minimum Gasteiger partial charge on any atom is -0.375 e. The van der Waals surface area contributed by atoms with Gasteiger partial charge in [0.25, 0.3) is 5.92 Å². The van der Waals surface area contributed by atoms with Crippen molar-refractivity contribution in [3.05, 3.63) is 52.8 Å². The van der Waals surface area contributed by atoms with E-state index in [1.165, 1.54) is 23.9 Å². The average molecular weight is 999 g/mol. The third kappa shape index (κ3) is 12.1. The number of aromatic nitrogens is 2. The lowest BCUT2D eigenvalue weighted by Crippen LogP contribution is -2.65. The molecule has 1 aromatic heterocycles. The Labute approximate surface area is 402 Å². The van der Waals surface area contributed by atoms with Gasteiger partial charge in [-0.05, 0) is 67.7 Å². The van der Waals surface area contributed by atoms with Crippen LogP contribution in [-0.4, -0.2) is 161 Å². The molecule has 4 aliphatic rings. The van der Waals surface area contributed by atoms with E-state index in [-0.39, 0.29) is 44.9 Å². The first-order valence-electron chi connectivity index (χ1n) is 23.0. The number of hydrogen-bond donors (Lipinski definition) is 2. The first-order valence-corrected chi connectivity index (χ1v) is 23.4. The van der Waals surface area contributed by atoms with Gasteiger partial charge in [0.05, 0.1) is 26.0 Å². The Kier molecular flexibility index (Phi) is 16.2. The minimum absolute atomic E-state index is 0.0211. The van der Waals surface area contributed by atoms with Gasteiger partial charge in [-0.1, -0.05) is 43.2 Å². The molecular formula is C47H61ClF6N8O7. The Morgan fingerprint density at radius 3 is 2.35 bits per heavy atom. The number of hydrogen-bond acceptors (Lipinski definition) is 8. The summed E-state index contributed by atoms with van der Waals surface area (Å²) in [4.78, 5) is 89.9. The van der Waals surface area contributed by atoms with Crippen LogP contribution in [0, 0.1) is 17.3 Å². The molecule has 1 aromatic carbocycles. The van der Waals surface area contributed by atoms with Crippen LogP contribution in [0.4, 0.5) is 26.3 Å². The monoisotopic (exact) mass is 998 g/mol. The maximum absolute atomic E-state index is 14.9. The van der Waals surface area contributed by atoms with Gasteiger partial charge in [0.15, 0.2) is 5.41 Å². The lowest BCUT2D eigenvalue weighted by atomic mass is 9.64. The van der Waals surface area contributed by atoms with Crippen molar-refractivity contribution in [2.45, 2.75) is 121 Å². The number of likely N-dealkylation sites (N-methyl/N-ethyl adjacent to an activating group) is 3. The highest BCUT2D eigenvalue weighted by Gasteiger charge is 2.75. The van der Waals surface area contributed by atoms with E-state index >= 15 is 0 Å². The molecular weight excluding hydrogens is 938 g/mol. The fourth-order valence-corrected chi connectivity index (χ4v) is 9.61. The van der Waals surface area contributed by atoms with Crippen LogP contribution in [0.5, 0.6) is 0 Å². The van der Waals surface area contributed by atoms with Crippen LogP contribution < -0.4 is 10.6 Å². The summed E-state index contributed by atoms with van der Waals surface area (Å²) in [6, 6.07) is -1.62. The third-order valence-electron chi connectivity index (χ3n) is 13.5. The van der Waals surface area contributed by atoms with Gasteiger partial charge in [-0.2, -0.15) is 18.3 Å². The quantitative estimate of drug-likeness (QED) is 0.232. The molecule has 2 aliphatic heterocycles. The van der Waals surface area contributed by atoms with Crippen LogP contribution in [0.3, 0.4) is 0 Å². The molecule has 6 amide bonds. The molecule has 2 aromatic rings. The van der Waals surface area contributed by atoms with Gasteiger partial charge in [0.1, 0.15) is 36.4 Å². The van der Waals surface area contributed by atoms with Crippen molar-refractivity contribution in [2.24, 2.45) is 24.3 Å². The van der Waals surface area contributed by atoms with Crippen molar-refractivity contribution in [3.8, 4) is 11.1 Å². The summed E-state index contributed by atoms with van der Waals surface area (Å²) in [6.07, 6.45) is -5.72. The van der Waals surface area contributed by atoms with Gasteiger partial charge in [0, 0.05) is 77.2 Å². The van der Waals surface area contributed by atoms with Crippen LogP contribution in [0.1, 0.15) is 71.3 Å². The summed E-state index contributed by atoms with van der Waals surface area (Å²) in [5.74, 6) is -9.99. The van der Waals surface area contributed by atoms with Crippen LogP contribution in [-0.2, 0) is 47.0 Å². The Morgan fingerprint density at radius 1 is 1.07 bits per heavy atom. The number of rotatable bonds is 11. The number of nitrogens with one attached hydrogen (secondary N) is 2. The Hall–Kier alpha value is -5.18. The highest BCUT2D eigenvalue weighted by molar-refractivity contribution is 6.30. The maximum atomic E-state index is 14.9. The summed E-state index contributed by atoms with van der Waals surface area (Å²) >= 11 is 6.50. The van der Waals surface area contributed by atoms with Gasteiger partial charge in [-0.25, -0.2) is 13.2 Å². The number of likely N-dealkylation sites (tertiary alicyclic amines) is 1. The molecule has 6 rings (SSSR count). The zero-order chi connectivity index (χ0) is 50.9. The molecule has 22 heteroatoms. The zero-order valence-corrected chi connectivity index (χ0v) is 40.5. The highest BCUT2D eigenvalue weighted by Crippen LogP contribution is 2.61. The summed E-state index contributed by atoms with van der Waals surface area (Å²) in [7, 11) is 6.16. The van der Waals surface area contributed by atoms with Gasteiger partial charge in [-0.15, -0.1) is 0 Å². The molecule has 2 aliphatic carbocycles. The molecule has 6 atom stereocenters. The number of benzene rings is 1. The second kappa shape index (κ2) is 21.0. The van der Waals surface area contributed by atoms with E-state index in [0.717, 1.165) is 16.0 Å². The third-order valence-corrected chi connectivity index (χ3v) is 13.8. The van der Waals surface area contributed by atoms with E-state index in [2.05, 4.69) is 15.7 Å². The lowest BCUT2D eigenvalue weighted by molar-refractivity contribution is -0.299. The summed E-state index contributed by atoms with van der Waals surface area (Å²) in [5.41, 5.74) is -0.703. The first kappa shape index (κ1) is 53.2. The molecule has 3 fully saturated rings. The van der Waals surface area contributed by atoms with Gasteiger partial charge in [0.2, 0.25) is 35.4 Å². The predicted molar refractivity (Wildman–Crippen MR) is 241 cm³/mol. The van der Waals surface area contributed by atoms with E-state index in [4.69, 9.17) is 16.3 Å². The topological polar surface area (TPSA) is 166 Å². The smallest absolute Gasteiger partial charge is 0.375 e. The number of halogens is 7. The van der Waals surface area contributed by atoms with Crippen molar-refractivity contribution in [1.82, 2.24) is 40.0 Å². The molecule has 1 saturated heterocycles. The minimum atomic E-state index is -5.41. The van der Waals surface area contributed by atoms with Gasteiger partial charge in [-0.3, -0.25) is 33.4 Å². The van der Waals surface area contributed by atoms with Crippen molar-refractivity contribution in [1.29, 1.82) is 0 Å². The van der Waals surface area contributed by atoms with Crippen LogP contribution >= 0.6 is 11.6 Å². The molecule has 0 unspecified atom stereocenters. The van der Waals surface area contributed by atoms with Crippen LogP contribution in [0.25, 0.3) is 11.1 Å². The number of aryl methyl sites for hydroxylation is 1. The average Bonchev–Trinajstić information content (AvgIpc) is 3.89. The van der Waals surface area contributed by atoms with E-state index < -0.39 is 121 Å². The van der Waals surface area contributed by atoms with E-state index in [9.17, 15) is 55.1 Å². The number of nitrogens with zero attached hydrogens (tertiary/aromatic N) is 6. The van der Waals surface area contributed by atoms with Crippen molar-refractivity contribution in [2.75, 3.05) is 47.4 Å². The maximum Gasteiger partial charge on any atom is 0.403 e. The number of amides is 6. The lowest BCUT2D eigenvalue weighted by Gasteiger charge is -2.48. The van der Waals surface area contributed by atoms with Crippen molar-refractivity contribution < 1.29 is 59.8 Å². The van der Waals surface area contributed by atoms with Crippen molar-refractivity contribution in [3.63, 3.8) is 0 Å². The molecule has 3 heterocycles. The molecule has 69 heavy (non-hydrogen) atoms. The van der Waals surface area contributed by atoms with E-state index in [1.54, 1.807) is 62.4 Å². The molecule has 0 spiro atoms. The zero-order valence-electron chi connectivity index (χ0n) is 39.8. The number of alkyl halides is 6. The normalized spacial score (nSPS) is 26.2. The van der Waals surface area contributed by atoms with E-state index in [0.29, 0.717) is 33.9 Å². The molecule has 0 bridgehead atoms. The Balaban J connectivity index is 1.27. The summed E-state index contributed by atoms with van der Waals surface area (Å²) in [5, 5.41) is 10.0. The van der Waals surface area contributed by atoms with Crippen molar-refractivity contribution >= 4 is 47.0 Å². The standard InChI is InChI=1S/C47H61ClF6N8O7/c1-26(2)16-34-41(65)61(7)37(18-29-17-31(48)11-12-33(29)30-20-55-59(5)21-30)42(66)58(4)14-15-69-23-27(3)8-13-35(39(63)56-34)60(6)43(67)38(28-9-10-28)57-40(64)36-19-32(49)22-62(36)44(68)45(47(52,53)54)24-46(50,51)25-45/h8,11-12,17,20-21,26,28,32,34-38H,9-10,13-16,18-19,22-25H2,1-7H3,(H,56,63)(H,57,64)/b27-8-/t32-,34+,35+,36+,37+,38+/m1/s1. The second-order valence-electron chi connectivity index (χ2n) is 19.5. The van der Waals surface area contributed by atoms with Gasteiger partial charge >= 0.3 is 6.18 Å².